The molecule has 0 spiro atoms. The highest BCUT2D eigenvalue weighted by Crippen LogP contribution is 2.32. The first-order valence-corrected chi connectivity index (χ1v) is 10.3. The summed E-state index contributed by atoms with van der Waals surface area (Å²) in [7, 11) is 0. The minimum atomic E-state index is 0.596. The fraction of sp³-hybridized carbons (Fsp3) is 0.458. The fourth-order valence-electron chi connectivity index (χ4n) is 4.46. The van der Waals surface area contributed by atoms with Crippen molar-refractivity contribution in [1.82, 2.24) is 14.9 Å². The summed E-state index contributed by atoms with van der Waals surface area (Å²) in [5, 5.41) is 5.26. The lowest BCUT2D eigenvalue weighted by Crippen LogP contribution is -2.37. The zero-order valence-electron chi connectivity index (χ0n) is 17.0. The molecular formula is C24H31N3. The van der Waals surface area contributed by atoms with Crippen LogP contribution >= 0.6 is 0 Å². The molecule has 1 aromatic carbocycles. The van der Waals surface area contributed by atoms with E-state index in [2.05, 4.69) is 66.0 Å². The van der Waals surface area contributed by atoms with Crippen molar-refractivity contribution in [2.24, 2.45) is 5.92 Å². The van der Waals surface area contributed by atoms with Crippen LogP contribution in [0, 0.1) is 19.8 Å². The summed E-state index contributed by atoms with van der Waals surface area (Å²) in [6, 6.07) is 11.9. The van der Waals surface area contributed by atoms with Gasteiger partial charge in [-0.2, -0.15) is 0 Å². The molecule has 142 valence electrons. The highest BCUT2D eigenvalue weighted by Gasteiger charge is 2.25. The fourth-order valence-corrected chi connectivity index (χ4v) is 4.46. The van der Waals surface area contributed by atoms with Crippen molar-refractivity contribution in [3.8, 4) is 0 Å². The summed E-state index contributed by atoms with van der Waals surface area (Å²) in [5.41, 5.74) is 8.18. The topological polar surface area (TPSA) is 29.9 Å². The number of nitrogens with zero attached hydrogens (tertiary/aromatic N) is 2. The molecule has 0 aliphatic carbocycles. The van der Waals surface area contributed by atoms with Gasteiger partial charge in [0.15, 0.2) is 0 Å². The van der Waals surface area contributed by atoms with Gasteiger partial charge in [0.05, 0.1) is 0 Å². The van der Waals surface area contributed by atoms with E-state index in [9.17, 15) is 0 Å². The number of hydrogen-bond acceptors (Lipinski definition) is 2. The summed E-state index contributed by atoms with van der Waals surface area (Å²) in [6.45, 7) is 10.9. The maximum absolute atomic E-state index is 4.46. The average molecular weight is 362 g/mol. The first-order valence-electron chi connectivity index (χ1n) is 10.3. The average Bonchev–Trinajstić information content (AvgIpc) is 2.93. The van der Waals surface area contributed by atoms with Gasteiger partial charge in [0.25, 0.3) is 0 Å². The highest BCUT2D eigenvalue weighted by molar-refractivity contribution is 5.86. The molecule has 0 saturated heterocycles. The molecule has 1 N–H and O–H groups in total. The molecule has 3 aromatic rings. The minimum Gasteiger partial charge on any atom is -0.343 e. The first kappa shape index (κ1) is 18.2. The Bertz CT molecular complexity index is 934. The van der Waals surface area contributed by atoms with E-state index in [1.807, 2.05) is 13.1 Å². The maximum Gasteiger partial charge on any atom is 0.0486 e. The maximum atomic E-state index is 4.46. The van der Waals surface area contributed by atoms with Crippen LogP contribution in [0.15, 0.2) is 36.5 Å². The summed E-state index contributed by atoms with van der Waals surface area (Å²) < 4.78 is 2.54. The van der Waals surface area contributed by atoms with Crippen molar-refractivity contribution in [3.63, 3.8) is 0 Å². The zero-order valence-corrected chi connectivity index (χ0v) is 17.0. The number of aryl methyl sites for hydroxylation is 4. The van der Waals surface area contributed by atoms with Crippen LogP contribution in [0.4, 0.5) is 0 Å². The Kier molecular flexibility index (Phi) is 5.05. The van der Waals surface area contributed by atoms with E-state index >= 15 is 0 Å². The number of pyridine rings is 1. The van der Waals surface area contributed by atoms with Crippen molar-refractivity contribution in [2.75, 3.05) is 0 Å². The molecule has 3 heteroatoms. The Morgan fingerprint density at radius 3 is 2.78 bits per heavy atom. The third kappa shape index (κ3) is 3.79. The molecular weight excluding hydrogens is 330 g/mol. The van der Waals surface area contributed by atoms with Gasteiger partial charge >= 0.3 is 0 Å². The molecule has 0 amide bonds. The number of hydrogen-bond donors (Lipinski definition) is 1. The van der Waals surface area contributed by atoms with Gasteiger partial charge in [0, 0.05) is 47.6 Å². The van der Waals surface area contributed by atoms with E-state index in [1.54, 1.807) is 5.56 Å². The molecule has 0 saturated carbocycles. The van der Waals surface area contributed by atoms with E-state index < -0.39 is 0 Å². The Labute approximate surface area is 162 Å². The predicted molar refractivity (Wildman–Crippen MR) is 113 cm³/mol. The van der Waals surface area contributed by atoms with Crippen molar-refractivity contribution in [2.45, 2.75) is 66.1 Å². The quantitative estimate of drug-likeness (QED) is 0.696. The van der Waals surface area contributed by atoms with Gasteiger partial charge in [-0.05, 0) is 68.4 Å². The van der Waals surface area contributed by atoms with Crippen molar-refractivity contribution in [3.05, 3.63) is 64.6 Å². The molecule has 1 aliphatic rings. The Morgan fingerprint density at radius 2 is 2.04 bits per heavy atom. The number of rotatable bonds is 5. The van der Waals surface area contributed by atoms with Crippen LogP contribution in [0.5, 0.6) is 0 Å². The van der Waals surface area contributed by atoms with E-state index in [4.69, 9.17) is 0 Å². The van der Waals surface area contributed by atoms with Gasteiger partial charge in [-0.25, -0.2) is 0 Å². The van der Waals surface area contributed by atoms with Crippen LogP contribution in [0.2, 0.25) is 0 Å². The van der Waals surface area contributed by atoms with Crippen LogP contribution in [-0.2, 0) is 25.9 Å². The minimum absolute atomic E-state index is 0.596. The molecule has 2 aromatic heterocycles. The molecule has 0 radical (unpaired) electrons. The van der Waals surface area contributed by atoms with Crippen LogP contribution in [0.25, 0.3) is 10.9 Å². The Balaban J connectivity index is 1.67. The summed E-state index contributed by atoms with van der Waals surface area (Å²) in [5.74, 6) is 0.730. The molecule has 0 fully saturated rings. The van der Waals surface area contributed by atoms with Gasteiger partial charge in [-0.1, -0.05) is 31.5 Å². The van der Waals surface area contributed by atoms with E-state index in [1.165, 1.54) is 34.1 Å². The van der Waals surface area contributed by atoms with E-state index in [0.717, 1.165) is 37.5 Å². The summed E-state index contributed by atoms with van der Waals surface area (Å²) in [6.07, 6.45) is 5.43. The van der Waals surface area contributed by atoms with Crippen LogP contribution in [0.3, 0.4) is 0 Å². The zero-order chi connectivity index (χ0) is 19.0. The Morgan fingerprint density at radius 1 is 1.19 bits per heavy atom. The largest absolute Gasteiger partial charge is 0.343 e. The van der Waals surface area contributed by atoms with Gasteiger partial charge in [0.1, 0.15) is 0 Å². The van der Waals surface area contributed by atoms with Crippen molar-refractivity contribution >= 4 is 10.9 Å². The third-order valence-electron chi connectivity index (χ3n) is 5.80. The molecule has 1 atom stereocenters. The number of benzene rings is 1. The third-order valence-corrected chi connectivity index (χ3v) is 5.80. The number of fused-ring (bicyclic) bond motifs is 3. The normalized spacial score (nSPS) is 16.9. The highest BCUT2D eigenvalue weighted by atomic mass is 15.0. The number of nitrogens with one attached hydrogen (secondary N) is 1. The lowest BCUT2D eigenvalue weighted by Gasteiger charge is -2.27. The van der Waals surface area contributed by atoms with Crippen LogP contribution in [0.1, 0.15) is 48.3 Å². The van der Waals surface area contributed by atoms with Gasteiger partial charge in [-0.15, -0.1) is 0 Å². The first-order chi connectivity index (χ1) is 13.0. The summed E-state index contributed by atoms with van der Waals surface area (Å²) in [4.78, 5) is 4.46. The Hall–Kier alpha value is -2.13. The molecule has 3 heterocycles. The van der Waals surface area contributed by atoms with E-state index in [0.29, 0.717) is 6.04 Å². The van der Waals surface area contributed by atoms with Crippen LogP contribution < -0.4 is 5.32 Å². The standard InChI is InChI=1S/C24H31N3/c1-16(2)11-20-13-22-21-12-17(3)5-8-23(21)27(24(22)15-26-20)10-9-19-7-6-18(4)25-14-19/h5-8,12,14,16,20,26H,9-11,13,15H2,1-4H3. The molecule has 0 bridgehead atoms. The van der Waals surface area contributed by atoms with Crippen molar-refractivity contribution < 1.29 is 0 Å². The molecule has 27 heavy (non-hydrogen) atoms. The molecule has 3 nitrogen and oxygen atoms in total. The monoisotopic (exact) mass is 361 g/mol. The molecule has 4 rings (SSSR count). The van der Waals surface area contributed by atoms with Gasteiger partial charge < -0.3 is 9.88 Å². The van der Waals surface area contributed by atoms with Gasteiger partial charge in [0.2, 0.25) is 0 Å². The predicted octanol–water partition coefficient (Wildman–Crippen LogP) is 4.96. The number of aromatic nitrogens is 2. The second-order valence-corrected chi connectivity index (χ2v) is 8.57. The van der Waals surface area contributed by atoms with Crippen molar-refractivity contribution in [1.29, 1.82) is 0 Å². The second-order valence-electron chi connectivity index (χ2n) is 8.57. The van der Waals surface area contributed by atoms with Crippen LogP contribution in [-0.4, -0.2) is 15.6 Å². The molecule has 1 aliphatic heterocycles. The SMILES string of the molecule is Cc1ccc2c(c1)c1c(n2CCc2ccc(C)nc2)CNC(CC(C)C)C1. The smallest absolute Gasteiger partial charge is 0.0486 e. The lowest BCUT2D eigenvalue weighted by molar-refractivity contribution is 0.391. The van der Waals surface area contributed by atoms with Gasteiger partial charge in [-0.3, -0.25) is 4.98 Å². The molecule has 1 unspecified atom stereocenters. The lowest BCUT2D eigenvalue weighted by atomic mass is 9.92. The van der Waals surface area contributed by atoms with E-state index in [-0.39, 0.29) is 0 Å². The second kappa shape index (κ2) is 7.47. The summed E-state index contributed by atoms with van der Waals surface area (Å²) >= 11 is 0.